The van der Waals surface area contributed by atoms with Crippen molar-refractivity contribution in [1.82, 2.24) is 35.2 Å². The molecule has 2 saturated heterocycles. The smallest absolute Gasteiger partial charge is 0.152 e. The molecule has 0 aliphatic carbocycles. The summed E-state index contributed by atoms with van der Waals surface area (Å²) in [4.78, 5) is 19.5. The van der Waals surface area contributed by atoms with Crippen molar-refractivity contribution in [2.75, 3.05) is 166 Å². The van der Waals surface area contributed by atoms with Crippen molar-refractivity contribution in [3.8, 4) is 0 Å². The standard InChI is InChI=1S/C28H54N10O2/c1-29-26-24-27-28(32-25-26)38(9-5-31-3-7-34-12-16-36(17-13-34)21-23-40)19-18-37(27)8-4-30-2-6-33-10-14-35(15-11-33)20-22-39/h24-25,29-31,39-40H,2-23H2,1H3. The van der Waals surface area contributed by atoms with E-state index in [9.17, 15) is 0 Å². The van der Waals surface area contributed by atoms with Crippen LogP contribution in [0.1, 0.15) is 0 Å². The van der Waals surface area contributed by atoms with Crippen molar-refractivity contribution < 1.29 is 10.2 Å². The van der Waals surface area contributed by atoms with Gasteiger partial charge in [0.25, 0.3) is 0 Å². The van der Waals surface area contributed by atoms with Crippen LogP contribution >= 0.6 is 0 Å². The average molecular weight is 563 g/mol. The van der Waals surface area contributed by atoms with Crippen LogP contribution in [0.4, 0.5) is 17.2 Å². The topological polar surface area (TPSA) is 109 Å². The molecule has 0 aromatic carbocycles. The van der Waals surface area contributed by atoms with Gasteiger partial charge >= 0.3 is 0 Å². The number of piperazine rings is 2. The quantitative estimate of drug-likeness (QED) is 0.138. The fraction of sp³-hybridized carbons (Fsp3) is 0.821. The lowest BCUT2D eigenvalue weighted by Crippen LogP contribution is -2.49. The third-order valence-corrected chi connectivity index (χ3v) is 8.50. The molecular formula is C28H54N10O2. The van der Waals surface area contributed by atoms with Crippen molar-refractivity contribution in [1.29, 1.82) is 0 Å². The maximum absolute atomic E-state index is 9.13. The Balaban J connectivity index is 1.15. The molecule has 2 fully saturated rings. The molecule has 0 saturated carbocycles. The Morgan fingerprint density at radius 3 is 1.57 bits per heavy atom. The fourth-order valence-corrected chi connectivity index (χ4v) is 5.88. The number of fused-ring (bicyclic) bond motifs is 1. The second kappa shape index (κ2) is 17.2. The summed E-state index contributed by atoms with van der Waals surface area (Å²) >= 11 is 0. The summed E-state index contributed by atoms with van der Waals surface area (Å²) in [6.45, 7) is 20.7. The van der Waals surface area contributed by atoms with Crippen LogP contribution in [0, 0.1) is 0 Å². The highest BCUT2D eigenvalue weighted by Gasteiger charge is 2.24. The van der Waals surface area contributed by atoms with Crippen molar-refractivity contribution in [2.45, 2.75) is 0 Å². The number of aliphatic hydroxyl groups excluding tert-OH is 2. The number of β-amino-alcohol motifs (C(OH)–C–C–N with tert-alkyl or cyclic N) is 2. The predicted octanol–water partition coefficient (Wildman–Crippen LogP) is -1.85. The highest BCUT2D eigenvalue weighted by molar-refractivity contribution is 5.73. The van der Waals surface area contributed by atoms with Crippen molar-refractivity contribution in [2.24, 2.45) is 0 Å². The van der Waals surface area contributed by atoms with Gasteiger partial charge in [0.1, 0.15) is 0 Å². The average Bonchev–Trinajstić information content (AvgIpc) is 2.99. The van der Waals surface area contributed by atoms with Gasteiger partial charge in [0.2, 0.25) is 0 Å². The van der Waals surface area contributed by atoms with Gasteiger partial charge in [0, 0.05) is 138 Å². The van der Waals surface area contributed by atoms with Crippen molar-refractivity contribution in [3.63, 3.8) is 0 Å². The molecule has 5 N–H and O–H groups in total. The third kappa shape index (κ3) is 9.66. The highest BCUT2D eigenvalue weighted by atomic mass is 16.3. The van der Waals surface area contributed by atoms with E-state index < -0.39 is 0 Å². The molecule has 0 bridgehead atoms. The lowest BCUT2D eigenvalue weighted by molar-refractivity contribution is 0.113. The Bertz CT molecular complexity index is 833. The lowest BCUT2D eigenvalue weighted by Gasteiger charge is -2.38. The number of aromatic nitrogens is 1. The number of anilines is 3. The van der Waals surface area contributed by atoms with Crippen molar-refractivity contribution >= 4 is 17.2 Å². The molecule has 1 aromatic rings. The van der Waals surface area contributed by atoms with Gasteiger partial charge < -0.3 is 36.0 Å². The second-order valence-corrected chi connectivity index (χ2v) is 11.1. The minimum absolute atomic E-state index is 0.257. The summed E-state index contributed by atoms with van der Waals surface area (Å²) in [5.74, 6) is 1.09. The van der Waals surface area contributed by atoms with Crippen LogP contribution in [0.5, 0.6) is 0 Å². The predicted molar refractivity (Wildman–Crippen MR) is 164 cm³/mol. The Morgan fingerprint density at radius 1 is 0.625 bits per heavy atom. The summed E-state index contributed by atoms with van der Waals surface area (Å²) in [5, 5.41) is 28.8. The maximum Gasteiger partial charge on any atom is 0.152 e. The zero-order chi connectivity index (χ0) is 28.0. The monoisotopic (exact) mass is 562 g/mol. The van der Waals surface area contributed by atoms with E-state index >= 15 is 0 Å². The van der Waals surface area contributed by atoms with Crippen LogP contribution in [0.3, 0.4) is 0 Å². The first-order chi connectivity index (χ1) is 19.7. The summed E-state index contributed by atoms with van der Waals surface area (Å²) < 4.78 is 0. The molecule has 4 rings (SSSR count). The zero-order valence-corrected chi connectivity index (χ0v) is 24.7. The molecule has 4 heterocycles. The van der Waals surface area contributed by atoms with Gasteiger partial charge in [-0.25, -0.2) is 4.98 Å². The molecule has 0 amide bonds. The van der Waals surface area contributed by atoms with Gasteiger partial charge in [-0.2, -0.15) is 0 Å². The molecular weight excluding hydrogens is 508 g/mol. The molecule has 228 valence electrons. The first-order valence-corrected chi connectivity index (χ1v) is 15.4. The molecule has 1 aromatic heterocycles. The molecule has 12 heteroatoms. The molecule has 40 heavy (non-hydrogen) atoms. The molecule has 0 radical (unpaired) electrons. The summed E-state index contributed by atoms with van der Waals surface area (Å²) in [6.07, 6.45) is 1.94. The van der Waals surface area contributed by atoms with E-state index in [4.69, 9.17) is 15.2 Å². The Morgan fingerprint density at radius 2 is 1.07 bits per heavy atom. The number of rotatable bonds is 17. The van der Waals surface area contributed by atoms with E-state index in [1.807, 2.05) is 13.2 Å². The number of hydrogen-bond acceptors (Lipinski definition) is 12. The summed E-state index contributed by atoms with van der Waals surface area (Å²) in [5.41, 5.74) is 2.27. The molecule has 12 nitrogen and oxygen atoms in total. The summed E-state index contributed by atoms with van der Waals surface area (Å²) in [6, 6.07) is 2.24. The molecule has 0 atom stereocenters. The molecule has 0 spiro atoms. The van der Waals surface area contributed by atoms with Crippen LogP contribution in [-0.2, 0) is 0 Å². The zero-order valence-electron chi connectivity index (χ0n) is 24.7. The number of hydrogen-bond donors (Lipinski definition) is 5. The van der Waals surface area contributed by atoms with E-state index in [0.29, 0.717) is 0 Å². The van der Waals surface area contributed by atoms with Gasteiger partial charge in [-0.05, 0) is 6.07 Å². The van der Waals surface area contributed by atoms with E-state index in [-0.39, 0.29) is 13.2 Å². The van der Waals surface area contributed by atoms with Crippen LogP contribution in [-0.4, -0.2) is 186 Å². The molecule has 3 aliphatic rings. The Kier molecular flexibility index (Phi) is 13.4. The Labute approximate surface area is 241 Å². The van der Waals surface area contributed by atoms with Crippen LogP contribution in [0.25, 0.3) is 0 Å². The molecule has 3 aliphatic heterocycles. The van der Waals surface area contributed by atoms with E-state index in [1.54, 1.807) is 0 Å². The van der Waals surface area contributed by atoms with Gasteiger partial charge in [-0.15, -0.1) is 0 Å². The number of nitrogens with one attached hydrogen (secondary N) is 3. The van der Waals surface area contributed by atoms with Crippen molar-refractivity contribution in [3.05, 3.63) is 12.3 Å². The first-order valence-electron chi connectivity index (χ1n) is 15.4. The SMILES string of the molecule is CNc1cnc2c(c1)N(CCNCCN1CCN(CCO)CC1)CCN2CCNCCN1CCN(CCO)CC1. The second-order valence-electron chi connectivity index (χ2n) is 11.1. The van der Waals surface area contributed by atoms with Gasteiger partial charge in [0.15, 0.2) is 5.82 Å². The van der Waals surface area contributed by atoms with E-state index in [0.717, 1.165) is 142 Å². The van der Waals surface area contributed by atoms with E-state index in [2.05, 4.69) is 51.4 Å². The maximum atomic E-state index is 9.13. The van der Waals surface area contributed by atoms with Crippen LogP contribution < -0.4 is 25.8 Å². The van der Waals surface area contributed by atoms with Crippen LogP contribution in [0.15, 0.2) is 12.3 Å². The normalized spacial score (nSPS) is 19.8. The lowest BCUT2D eigenvalue weighted by atomic mass is 10.2. The largest absolute Gasteiger partial charge is 0.395 e. The highest BCUT2D eigenvalue weighted by Crippen LogP contribution is 2.32. The van der Waals surface area contributed by atoms with E-state index in [1.165, 1.54) is 5.69 Å². The number of aliphatic hydroxyl groups is 2. The minimum atomic E-state index is 0.257. The van der Waals surface area contributed by atoms with Gasteiger partial charge in [0.05, 0.1) is 30.8 Å². The van der Waals surface area contributed by atoms with Gasteiger partial charge in [-0.1, -0.05) is 0 Å². The fourth-order valence-electron chi connectivity index (χ4n) is 5.88. The minimum Gasteiger partial charge on any atom is -0.395 e. The number of nitrogens with zero attached hydrogens (tertiary/aromatic N) is 7. The summed E-state index contributed by atoms with van der Waals surface area (Å²) in [7, 11) is 1.95. The molecule has 0 unspecified atom stereocenters. The Hall–Kier alpha value is -1.77. The van der Waals surface area contributed by atoms with Crippen LogP contribution in [0.2, 0.25) is 0 Å². The third-order valence-electron chi connectivity index (χ3n) is 8.50. The number of pyridine rings is 1. The van der Waals surface area contributed by atoms with Gasteiger partial charge in [-0.3, -0.25) is 19.6 Å². The first kappa shape index (κ1) is 31.2.